The molecule has 0 saturated carbocycles. The fourth-order valence-corrected chi connectivity index (χ4v) is 2.79. The van der Waals surface area contributed by atoms with Crippen molar-refractivity contribution in [3.05, 3.63) is 64.7 Å². The summed E-state index contributed by atoms with van der Waals surface area (Å²) < 4.78 is 4.80. The van der Waals surface area contributed by atoms with Crippen LogP contribution in [0.4, 0.5) is 0 Å². The fraction of sp³-hybridized carbons (Fsp3) is 0.227. The molecule has 0 radical (unpaired) electrons. The Kier molecular flexibility index (Phi) is 8.39. The van der Waals surface area contributed by atoms with E-state index in [9.17, 15) is 4.79 Å². The summed E-state index contributed by atoms with van der Waals surface area (Å²) in [6.07, 6.45) is 0. The molecular formula is C22H23N2O4P. The number of rotatable bonds is 6. The number of hydrogen-bond acceptors (Lipinski definition) is 6. The van der Waals surface area contributed by atoms with Crippen molar-refractivity contribution in [3.8, 4) is 11.8 Å². The molecule has 0 aromatic heterocycles. The summed E-state index contributed by atoms with van der Waals surface area (Å²) >= 11 is 0. The van der Waals surface area contributed by atoms with E-state index in [0.29, 0.717) is 11.3 Å². The first kappa shape index (κ1) is 22.1. The van der Waals surface area contributed by atoms with Crippen LogP contribution in [0.2, 0.25) is 0 Å². The zero-order chi connectivity index (χ0) is 21.2. The van der Waals surface area contributed by atoms with Gasteiger partial charge >= 0.3 is 5.97 Å². The standard InChI is InChI=1S/C22H23N2O4P/c1-15-7-5-10-19(21(24-27-4)22(25)26-3)20(15)14-28-23-16(2)11-12-17-8-6-9-18(29)13-17/h5-10,13H,14,29H2,1-4H3/b23-16+,24-21+. The van der Waals surface area contributed by atoms with Crippen LogP contribution in [0.1, 0.15) is 29.2 Å². The van der Waals surface area contributed by atoms with Crippen molar-refractivity contribution >= 4 is 31.9 Å². The van der Waals surface area contributed by atoms with E-state index in [1.807, 2.05) is 43.3 Å². The zero-order valence-corrected chi connectivity index (χ0v) is 18.0. The molecule has 0 aliphatic heterocycles. The van der Waals surface area contributed by atoms with Gasteiger partial charge in [-0.15, -0.1) is 9.24 Å². The van der Waals surface area contributed by atoms with Crippen molar-refractivity contribution in [1.82, 2.24) is 0 Å². The molecular weight excluding hydrogens is 387 g/mol. The molecule has 0 bridgehead atoms. The normalized spacial score (nSPS) is 11.3. The summed E-state index contributed by atoms with van der Waals surface area (Å²) in [4.78, 5) is 22.4. The monoisotopic (exact) mass is 410 g/mol. The maximum absolute atomic E-state index is 12.1. The van der Waals surface area contributed by atoms with Crippen LogP contribution >= 0.6 is 9.24 Å². The van der Waals surface area contributed by atoms with Crippen LogP contribution < -0.4 is 5.30 Å². The number of aryl methyl sites for hydroxylation is 1. The highest BCUT2D eigenvalue weighted by molar-refractivity contribution is 7.27. The molecule has 6 nitrogen and oxygen atoms in total. The number of oxime groups is 2. The summed E-state index contributed by atoms with van der Waals surface area (Å²) in [7, 11) is 5.30. The second-order valence-corrected chi connectivity index (χ2v) is 6.71. The molecule has 7 heteroatoms. The lowest BCUT2D eigenvalue weighted by molar-refractivity contribution is -0.132. The van der Waals surface area contributed by atoms with Crippen molar-refractivity contribution in [3.63, 3.8) is 0 Å². The van der Waals surface area contributed by atoms with Gasteiger partial charge in [0.05, 0.1) is 7.11 Å². The summed E-state index contributed by atoms with van der Waals surface area (Å²) in [5.74, 6) is 5.41. The molecule has 0 fully saturated rings. The number of ether oxygens (including phenoxy) is 1. The topological polar surface area (TPSA) is 69.5 Å². The third kappa shape index (κ3) is 6.44. The van der Waals surface area contributed by atoms with Crippen LogP contribution in [-0.4, -0.2) is 31.6 Å². The minimum absolute atomic E-state index is 0.0649. The maximum Gasteiger partial charge on any atom is 0.360 e. The van der Waals surface area contributed by atoms with Gasteiger partial charge in [0.15, 0.2) is 5.71 Å². The number of carbonyl (C=O) groups is 1. The van der Waals surface area contributed by atoms with Gasteiger partial charge in [-0.1, -0.05) is 46.6 Å². The Hall–Kier alpha value is -3.16. The quantitative estimate of drug-likeness (QED) is 0.241. The Morgan fingerprint density at radius 1 is 1.14 bits per heavy atom. The van der Waals surface area contributed by atoms with Crippen molar-refractivity contribution in [2.75, 3.05) is 14.2 Å². The van der Waals surface area contributed by atoms with E-state index in [-0.39, 0.29) is 12.3 Å². The smallest absolute Gasteiger partial charge is 0.360 e. The second-order valence-electron chi connectivity index (χ2n) is 6.04. The number of nitrogens with zero attached hydrogens (tertiary/aromatic N) is 2. The predicted octanol–water partition coefficient (Wildman–Crippen LogP) is 2.96. The SMILES string of the molecule is CO/N=C(/C(=O)OC)c1cccc(C)c1CO/N=C(\C)C#Cc1cccc(P)c1. The highest BCUT2D eigenvalue weighted by atomic mass is 31.0. The van der Waals surface area contributed by atoms with Crippen LogP contribution in [0, 0.1) is 18.8 Å². The minimum Gasteiger partial charge on any atom is -0.464 e. The number of carbonyl (C=O) groups excluding carboxylic acids is 1. The van der Waals surface area contributed by atoms with Gasteiger partial charge in [-0.3, -0.25) is 0 Å². The first-order valence-corrected chi connectivity index (χ1v) is 9.36. The molecule has 0 spiro atoms. The third-order valence-corrected chi connectivity index (χ3v) is 4.27. The molecule has 0 aliphatic rings. The number of hydrogen-bond donors (Lipinski definition) is 0. The van der Waals surface area contributed by atoms with Gasteiger partial charge in [0.2, 0.25) is 0 Å². The van der Waals surface area contributed by atoms with Gasteiger partial charge in [0.1, 0.15) is 19.4 Å². The molecule has 2 aromatic rings. The molecule has 0 N–H and O–H groups in total. The Bertz CT molecular complexity index is 1000. The van der Waals surface area contributed by atoms with E-state index in [0.717, 1.165) is 22.0 Å². The van der Waals surface area contributed by atoms with Crippen LogP contribution in [0.5, 0.6) is 0 Å². The molecule has 1 unspecified atom stereocenters. The van der Waals surface area contributed by atoms with Gasteiger partial charge in [0, 0.05) is 16.7 Å². The van der Waals surface area contributed by atoms with E-state index in [1.165, 1.54) is 14.2 Å². The van der Waals surface area contributed by atoms with E-state index < -0.39 is 5.97 Å². The van der Waals surface area contributed by atoms with Crippen LogP contribution in [0.15, 0.2) is 52.8 Å². The van der Waals surface area contributed by atoms with E-state index in [4.69, 9.17) is 14.4 Å². The van der Waals surface area contributed by atoms with Gasteiger partial charge in [0.25, 0.3) is 0 Å². The minimum atomic E-state index is -0.597. The molecule has 0 saturated heterocycles. The van der Waals surface area contributed by atoms with Gasteiger partial charge in [-0.05, 0) is 42.8 Å². The van der Waals surface area contributed by atoms with Crippen molar-refractivity contribution in [1.29, 1.82) is 0 Å². The Morgan fingerprint density at radius 2 is 1.90 bits per heavy atom. The predicted molar refractivity (Wildman–Crippen MR) is 117 cm³/mol. The summed E-state index contributed by atoms with van der Waals surface area (Å²) in [5, 5.41) is 8.93. The van der Waals surface area contributed by atoms with E-state index in [1.54, 1.807) is 13.0 Å². The molecule has 0 amide bonds. The summed E-state index contributed by atoms with van der Waals surface area (Å²) in [5.41, 5.74) is 3.74. The molecule has 2 aromatic carbocycles. The first-order chi connectivity index (χ1) is 14.0. The molecule has 1 atom stereocenters. The van der Waals surface area contributed by atoms with Crippen molar-refractivity contribution in [2.24, 2.45) is 10.3 Å². The Morgan fingerprint density at radius 3 is 2.59 bits per heavy atom. The maximum atomic E-state index is 12.1. The number of methoxy groups -OCH3 is 1. The van der Waals surface area contributed by atoms with Crippen LogP contribution in [0.25, 0.3) is 0 Å². The van der Waals surface area contributed by atoms with E-state index in [2.05, 4.69) is 31.4 Å². The lowest BCUT2D eigenvalue weighted by atomic mass is 9.99. The van der Waals surface area contributed by atoms with Crippen molar-refractivity contribution in [2.45, 2.75) is 20.5 Å². The van der Waals surface area contributed by atoms with Gasteiger partial charge < -0.3 is 14.4 Å². The largest absolute Gasteiger partial charge is 0.464 e. The highest BCUT2D eigenvalue weighted by Gasteiger charge is 2.20. The molecule has 2 rings (SSSR count). The summed E-state index contributed by atoms with van der Waals surface area (Å²) in [6, 6.07) is 13.3. The first-order valence-electron chi connectivity index (χ1n) is 8.78. The molecule has 29 heavy (non-hydrogen) atoms. The zero-order valence-electron chi connectivity index (χ0n) is 16.9. The average Bonchev–Trinajstić information content (AvgIpc) is 2.71. The molecule has 0 aliphatic carbocycles. The Labute approximate surface area is 173 Å². The highest BCUT2D eigenvalue weighted by Crippen LogP contribution is 2.18. The number of esters is 1. The van der Waals surface area contributed by atoms with Crippen LogP contribution in [-0.2, 0) is 25.8 Å². The Balaban J connectivity index is 2.19. The third-order valence-electron chi connectivity index (χ3n) is 3.91. The van der Waals surface area contributed by atoms with E-state index >= 15 is 0 Å². The van der Waals surface area contributed by atoms with Crippen LogP contribution in [0.3, 0.4) is 0 Å². The lowest BCUT2D eigenvalue weighted by Crippen LogP contribution is -2.20. The molecule has 150 valence electrons. The van der Waals surface area contributed by atoms with Gasteiger partial charge in [-0.25, -0.2) is 4.79 Å². The van der Waals surface area contributed by atoms with Gasteiger partial charge in [-0.2, -0.15) is 0 Å². The average molecular weight is 410 g/mol. The summed E-state index contributed by atoms with van der Waals surface area (Å²) in [6.45, 7) is 3.82. The van der Waals surface area contributed by atoms with Crippen molar-refractivity contribution < 1.29 is 19.2 Å². The fourth-order valence-electron chi connectivity index (χ4n) is 2.50. The number of benzene rings is 2. The molecule has 0 heterocycles. The second kappa shape index (κ2) is 11.0. The lowest BCUT2D eigenvalue weighted by Gasteiger charge is -2.12.